The summed E-state index contributed by atoms with van der Waals surface area (Å²) in [5.41, 5.74) is 17.2. The lowest BCUT2D eigenvalue weighted by Gasteiger charge is -2.22. The molecule has 0 saturated heterocycles. The molecular weight excluding hydrogens is 765 g/mol. The quantitative estimate of drug-likeness (QED) is 0.161. The lowest BCUT2D eigenvalue weighted by atomic mass is 9.83. The first-order chi connectivity index (χ1) is 31.1. The second-order valence-electron chi connectivity index (χ2n) is 16.7. The Morgan fingerprint density at radius 2 is 0.905 bits per heavy atom. The smallest absolute Gasteiger partial charge is 0.160 e. The van der Waals surface area contributed by atoms with Crippen LogP contribution < -0.4 is 0 Å². The van der Waals surface area contributed by atoms with Crippen LogP contribution in [0.5, 0.6) is 0 Å². The number of aromatic nitrogens is 4. The molecule has 0 fully saturated rings. The van der Waals surface area contributed by atoms with E-state index in [1.807, 2.05) is 6.07 Å². The zero-order valence-electron chi connectivity index (χ0n) is 34.9. The highest BCUT2D eigenvalue weighted by Crippen LogP contribution is 2.40. The third-order valence-electron chi connectivity index (χ3n) is 12.8. The van der Waals surface area contributed by atoms with Crippen LogP contribution in [0.3, 0.4) is 0 Å². The molecule has 0 spiro atoms. The SMILES string of the molecule is CC1CC(c2cc(-c3ccc(-n4c5ccccc5c5ccc(-c6ccc7c(c6)c6ccccc6n7-c6ccccc6)cc54)cc3)nc(-c3ccccc3)n2)=CC=C1c1ccccc1. The molecule has 1 unspecified atom stereocenters. The molecular formula is C59H42N4. The van der Waals surface area contributed by atoms with Gasteiger partial charge in [-0.1, -0.05) is 165 Å². The van der Waals surface area contributed by atoms with Gasteiger partial charge in [-0.05, 0) is 101 Å². The summed E-state index contributed by atoms with van der Waals surface area (Å²) in [6, 6.07) is 74.0. The van der Waals surface area contributed by atoms with Gasteiger partial charge in [0.2, 0.25) is 0 Å². The van der Waals surface area contributed by atoms with Crippen LogP contribution in [0.2, 0.25) is 0 Å². The van der Waals surface area contributed by atoms with Crippen molar-refractivity contribution in [3.63, 3.8) is 0 Å². The fourth-order valence-corrected chi connectivity index (χ4v) is 9.76. The number of benzene rings is 8. The van der Waals surface area contributed by atoms with Crippen LogP contribution in [0.1, 0.15) is 24.6 Å². The minimum absolute atomic E-state index is 0.362. The summed E-state index contributed by atoms with van der Waals surface area (Å²) in [6.45, 7) is 2.31. The topological polar surface area (TPSA) is 35.6 Å². The molecule has 298 valence electrons. The van der Waals surface area contributed by atoms with Gasteiger partial charge < -0.3 is 9.13 Å². The predicted molar refractivity (Wildman–Crippen MR) is 263 cm³/mol. The van der Waals surface area contributed by atoms with E-state index in [-0.39, 0.29) is 0 Å². The van der Waals surface area contributed by atoms with Crippen molar-refractivity contribution in [3.05, 3.63) is 230 Å². The van der Waals surface area contributed by atoms with Crippen LogP contribution in [0.25, 0.3) is 99.9 Å². The fourth-order valence-electron chi connectivity index (χ4n) is 9.76. The molecule has 4 nitrogen and oxygen atoms in total. The Morgan fingerprint density at radius 1 is 0.381 bits per heavy atom. The normalized spacial score (nSPS) is 14.1. The van der Waals surface area contributed by atoms with Crippen molar-refractivity contribution in [3.8, 4) is 45.1 Å². The van der Waals surface area contributed by atoms with E-state index in [2.05, 4.69) is 228 Å². The minimum atomic E-state index is 0.362. The molecule has 0 N–H and O–H groups in total. The first-order valence-corrected chi connectivity index (χ1v) is 21.8. The molecule has 0 radical (unpaired) electrons. The summed E-state index contributed by atoms with van der Waals surface area (Å²) in [7, 11) is 0. The molecule has 0 amide bonds. The summed E-state index contributed by atoms with van der Waals surface area (Å²) >= 11 is 0. The lowest BCUT2D eigenvalue weighted by molar-refractivity contribution is 0.768. The minimum Gasteiger partial charge on any atom is -0.309 e. The number of rotatable bonds is 7. The zero-order valence-corrected chi connectivity index (χ0v) is 34.9. The third-order valence-corrected chi connectivity index (χ3v) is 12.8. The second-order valence-corrected chi connectivity index (χ2v) is 16.7. The van der Waals surface area contributed by atoms with E-state index in [1.165, 1.54) is 71.4 Å². The molecule has 0 bridgehead atoms. The number of fused-ring (bicyclic) bond motifs is 6. The molecule has 4 heteroatoms. The summed E-state index contributed by atoms with van der Waals surface area (Å²) in [5, 5.41) is 4.96. The van der Waals surface area contributed by atoms with E-state index < -0.39 is 0 Å². The van der Waals surface area contributed by atoms with Crippen molar-refractivity contribution in [2.45, 2.75) is 13.3 Å². The maximum absolute atomic E-state index is 5.18. The molecule has 0 aliphatic heterocycles. The van der Waals surface area contributed by atoms with Gasteiger partial charge in [0.25, 0.3) is 0 Å². The van der Waals surface area contributed by atoms with Gasteiger partial charge in [-0.3, -0.25) is 0 Å². The highest BCUT2D eigenvalue weighted by atomic mass is 15.0. The van der Waals surface area contributed by atoms with Crippen molar-refractivity contribution in [2.75, 3.05) is 0 Å². The Labute approximate surface area is 366 Å². The standard InChI is InChI=1S/C59H42N4/c1-39-35-45(28-32-48(39)40-15-5-2-6-16-40)54-38-53(60-59(61-54)42-17-7-3-8-18-42)41-25-30-47(31-26-41)63-55-23-13-11-21-49(55)51-33-27-44(37-58(51)63)43-29-34-57-52(36-43)50-22-12-14-24-56(50)62(57)46-19-9-4-10-20-46/h2-34,36-39H,35H2,1H3. The Hall–Kier alpha value is -8.08. The van der Waals surface area contributed by atoms with Crippen LogP contribution in [0.4, 0.5) is 0 Å². The monoisotopic (exact) mass is 806 g/mol. The molecule has 12 rings (SSSR count). The Kier molecular flexibility index (Phi) is 8.82. The van der Waals surface area contributed by atoms with Gasteiger partial charge in [-0.2, -0.15) is 0 Å². The molecule has 1 atom stereocenters. The summed E-state index contributed by atoms with van der Waals surface area (Å²) in [5.74, 6) is 1.10. The van der Waals surface area contributed by atoms with Gasteiger partial charge in [0.05, 0.1) is 33.5 Å². The van der Waals surface area contributed by atoms with E-state index in [0.717, 1.165) is 46.1 Å². The molecule has 1 aliphatic rings. The van der Waals surface area contributed by atoms with Gasteiger partial charge in [-0.15, -0.1) is 0 Å². The number of para-hydroxylation sites is 3. The fraction of sp³-hybridized carbons (Fsp3) is 0.0508. The zero-order chi connectivity index (χ0) is 41.9. The average molecular weight is 807 g/mol. The maximum Gasteiger partial charge on any atom is 0.160 e. The number of allylic oxidation sites excluding steroid dienone is 4. The summed E-state index contributed by atoms with van der Waals surface area (Å²) in [6.07, 6.45) is 5.44. The van der Waals surface area contributed by atoms with Crippen LogP contribution in [-0.4, -0.2) is 19.1 Å². The number of hydrogen-bond acceptors (Lipinski definition) is 2. The van der Waals surface area contributed by atoms with Gasteiger partial charge in [0, 0.05) is 44.0 Å². The van der Waals surface area contributed by atoms with E-state index in [9.17, 15) is 0 Å². The third kappa shape index (κ3) is 6.38. The second kappa shape index (κ2) is 15.1. The summed E-state index contributed by atoms with van der Waals surface area (Å²) < 4.78 is 4.78. The van der Waals surface area contributed by atoms with Gasteiger partial charge >= 0.3 is 0 Å². The van der Waals surface area contributed by atoms with Gasteiger partial charge in [0.15, 0.2) is 5.82 Å². The Balaban J connectivity index is 0.951. The van der Waals surface area contributed by atoms with E-state index in [0.29, 0.717) is 5.92 Å². The van der Waals surface area contributed by atoms with E-state index >= 15 is 0 Å². The first-order valence-electron chi connectivity index (χ1n) is 21.8. The van der Waals surface area contributed by atoms with Crippen molar-refractivity contribution in [1.29, 1.82) is 0 Å². The Bertz CT molecular complexity index is 3580. The highest BCUT2D eigenvalue weighted by Gasteiger charge is 2.21. The van der Waals surface area contributed by atoms with Crippen molar-refractivity contribution >= 4 is 54.8 Å². The van der Waals surface area contributed by atoms with Crippen LogP contribution in [0, 0.1) is 5.92 Å². The van der Waals surface area contributed by atoms with Crippen LogP contribution >= 0.6 is 0 Å². The van der Waals surface area contributed by atoms with Gasteiger partial charge in [-0.25, -0.2) is 9.97 Å². The molecule has 8 aromatic carbocycles. The van der Waals surface area contributed by atoms with E-state index in [1.54, 1.807) is 0 Å². The van der Waals surface area contributed by atoms with Crippen molar-refractivity contribution in [1.82, 2.24) is 19.1 Å². The van der Waals surface area contributed by atoms with Gasteiger partial charge in [0.1, 0.15) is 0 Å². The van der Waals surface area contributed by atoms with Crippen molar-refractivity contribution < 1.29 is 0 Å². The number of nitrogens with zero attached hydrogens (tertiary/aromatic N) is 4. The first kappa shape index (κ1) is 36.7. The molecule has 0 saturated carbocycles. The maximum atomic E-state index is 5.18. The van der Waals surface area contributed by atoms with Crippen LogP contribution in [0.15, 0.2) is 218 Å². The summed E-state index contributed by atoms with van der Waals surface area (Å²) in [4.78, 5) is 10.4. The lowest BCUT2D eigenvalue weighted by Crippen LogP contribution is -2.06. The predicted octanol–water partition coefficient (Wildman–Crippen LogP) is 15.2. The molecule has 1 aliphatic carbocycles. The molecule has 63 heavy (non-hydrogen) atoms. The molecule has 3 heterocycles. The van der Waals surface area contributed by atoms with Crippen LogP contribution in [-0.2, 0) is 0 Å². The van der Waals surface area contributed by atoms with E-state index in [4.69, 9.17) is 9.97 Å². The average Bonchev–Trinajstić information content (AvgIpc) is 3.87. The molecule has 3 aromatic heterocycles. The number of hydrogen-bond donors (Lipinski definition) is 0. The highest BCUT2D eigenvalue weighted by molar-refractivity contribution is 6.12. The Morgan fingerprint density at radius 3 is 1.62 bits per heavy atom. The largest absolute Gasteiger partial charge is 0.309 e. The van der Waals surface area contributed by atoms with Crippen molar-refractivity contribution in [2.24, 2.45) is 5.92 Å². The molecule has 11 aromatic rings.